The molecule has 0 aliphatic carbocycles. The summed E-state index contributed by atoms with van der Waals surface area (Å²) in [4.78, 5) is 16.6. The van der Waals surface area contributed by atoms with E-state index in [2.05, 4.69) is 46.1 Å². The number of nitriles is 1. The van der Waals surface area contributed by atoms with Gasteiger partial charge in [-0.1, -0.05) is 41.6 Å². The van der Waals surface area contributed by atoms with Crippen LogP contribution in [0.2, 0.25) is 0 Å². The van der Waals surface area contributed by atoms with Crippen LogP contribution >= 0.6 is 11.8 Å². The van der Waals surface area contributed by atoms with E-state index in [4.69, 9.17) is 5.26 Å². The van der Waals surface area contributed by atoms with Crippen molar-refractivity contribution >= 4 is 28.7 Å². The molecule has 0 aliphatic rings. The molecular weight excluding hydrogens is 332 g/mol. The quantitative estimate of drug-likeness (QED) is 0.546. The van der Waals surface area contributed by atoms with Crippen molar-refractivity contribution in [1.29, 1.82) is 5.26 Å². The number of hydrogen-bond acceptors (Lipinski definition) is 4. The minimum Gasteiger partial charge on any atom is -0.354 e. The molecule has 126 valence electrons. The summed E-state index contributed by atoms with van der Waals surface area (Å²) >= 11 is 1.39. The maximum Gasteiger partial charge on any atom is 0.230 e. The SMILES string of the molecule is Cc1ccc(-n2c(SCC(=O)NCCC#N)nc3ccccc32)cc1. The van der Waals surface area contributed by atoms with Gasteiger partial charge in [-0.15, -0.1) is 0 Å². The van der Waals surface area contributed by atoms with Crippen LogP contribution in [0, 0.1) is 18.3 Å². The Balaban J connectivity index is 1.87. The van der Waals surface area contributed by atoms with Gasteiger partial charge in [-0.3, -0.25) is 9.36 Å². The summed E-state index contributed by atoms with van der Waals surface area (Å²) in [6.45, 7) is 2.43. The van der Waals surface area contributed by atoms with Gasteiger partial charge >= 0.3 is 0 Å². The first-order chi connectivity index (χ1) is 12.2. The average molecular weight is 350 g/mol. The fourth-order valence-electron chi connectivity index (χ4n) is 2.48. The summed E-state index contributed by atoms with van der Waals surface area (Å²) in [6.07, 6.45) is 0.318. The van der Waals surface area contributed by atoms with Gasteiger partial charge in [0, 0.05) is 12.2 Å². The van der Waals surface area contributed by atoms with Gasteiger partial charge in [0.25, 0.3) is 0 Å². The van der Waals surface area contributed by atoms with Crippen molar-refractivity contribution in [3.8, 4) is 11.8 Å². The van der Waals surface area contributed by atoms with E-state index in [0.29, 0.717) is 13.0 Å². The lowest BCUT2D eigenvalue weighted by molar-refractivity contribution is -0.118. The van der Waals surface area contributed by atoms with E-state index in [-0.39, 0.29) is 11.7 Å². The summed E-state index contributed by atoms with van der Waals surface area (Å²) in [5.74, 6) is 0.170. The molecular formula is C19H18N4OS. The molecule has 3 aromatic rings. The van der Waals surface area contributed by atoms with E-state index in [1.165, 1.54) is 17.3 Å². The van der Waals surface area contributed by atoms with Gasteiger partial charge in [0.2, 0.25) is 5.91 Å². The van der Waals surface area contributed by atoms with Crippen LogP contribution in [0.5, 0.6) is 0 Å². The van der Waals surface area contributed by atoms with Crippen LogP contribution in [0.3, 0.4) is 0 Å². The minimum absolute atomic E-state index is 0.0947. The molecule has 25 heavy (non-hydrogen) atoms. The van der Waals surface area contributed by atoms with Gasteiger partial charge in [0.05, 0.1) is 29.3 Å². The van der Waals surface area contributed by atoms with Crippen LogP contribution in [0.25, 0.3) is 16.7 Å². The Kier molecular flexibility index (Phi) is 5.36. The number of nitrogens with zero attached hydrogens (tertiary/aromatic N) is 3. The van der Waals surface area contributed by atoms with Crippen LogP contribution < -0.4 is 5.32 Å². The number of hydrogen-bond donors (Lipinski definition) is 1. The highest BCUT2D eigenvalue weighted by Gasteiger charge is 2.14. The van der Waals surface area contributed by atoms with E-state index in [1.807, 2.05) is 30.3 Å². The molecule has 5 nitrogen and oxygen atoms in total. The zero-order valence-electron chi connectivity index (χ0n) is 13.9. The van der Waals surface area contributed by atoms with Gasteiger partial charge in [-0.05, 0) is 31.2 Å². The number of carbonyl (C=O) groups is 1. The predicted molar refractivity (Wildman–Crippen MR) is 99.8 cm³/mol. The van der Waals surface area contributed by atoms with Crippen molar-refractivity contribution in [2.24, 2.45) is 0 Å². The number of para-hydroxylation sites is 2. The second-order valence-electron chi connectivity index (χ2n) is 5.60. The fraction of sp³-hybridized carbons (Fsp3) is 0.211. The van der Waals surface area contributed by atoms with Crippen molar-refractivity contribution in [2.45, 2.75) is 18.5 Å². The summed E-state index contributed by atoms with van der Waals surface area (Å²) in [5, 5.41) is 12.0. The number of nitrogens with one attached hydrogen (secondary N) is 1. The molecule has 0 saturated carbocycles. The topological polar surface area (TPSA) is 70.7 Å². The van der Waals surface area contributed by atoms with Crippen LogP contribution in [-0.2, 0) is 4.79 Å². The Morgan fingerprint density at radius 2 is 2.00 bits per heavy atom. The number of benzene rings is 2. The zero-order chi connectivity index (χ0) is 17.6. The number of aromatic nitrogens is 2. The first-order valence-corrected chi connectivity index (χ1v) is 8.98. The van der Waals surface area contributed by atoms with Gasteiger partial charge in [0.15, 0.2) is 5.16 Å². The predicted octanol–water partition coefficient (Wildman–Crippen LogP) is 3.46. The number of amides is 1. The largest absolute Gasteiger partial charge is 0.354 e. The summed E-state index contributed by atoms with van der Waals surface area (Å²) < 4.78 is 2.07. The maximum atomic E-state index is 11.9. The van der Waals surface area contributed by atoms with Gasteiger partial charge in [-0.2, -0.15) is 5.26 Å². The maximum absolute atomic E-state index is 11.9. The number of aryl methyl sites for hydroxylation is 1. The smallest absolute Gasteiger partial charge is 0.230 e. The standard InChI is InChI=1S/C19H18N4OS/c1-14-7-9-15(10-8-14)23-17-6-3-2-5-16(17)22-19(23)25-13-18(24)21-12-4-11-20/h2-3,5-10H,4,12-13H2,1H3,(H,21,24). The first-order valence-electron chi connectivity index (χ1n) is 8.00. The van der Waals surface area contributed by atoms with E-state index in [9.17, 15) is 4.79 Å². The molecule has 6 heteroatoms. The zero-order valence-corrected chi connectivity index (χ0v) is 14.7. The Hall–Kier alpha value is -2.78. The van der Waals surface area contributed by atoms with Crippen LogP contribution in [0.1, 0.15) is 12.0 Å². The summed E-state index contributed by atoms with van der Waals surface area (Å²) in [7, 11) is 0. The molecule has 1 aromatic heterocycles. The molecule has 0 spiro atoms. The second kappa shape index (κ2) is 7.86. The first kappa shape index (κ1) is 17.1. The second-order valence-corrected chi connectivity index (χ2v) is 6.54. The van der Waals surface area contributed by atoms with E-state index in [0.717, 1.165) is 21.9 Å². The fourth-order valence-corrected chi connectivity index (χ4v) is 3.34. The van der Waals surface area contributed by atoms with Gasteiger partial charge in [0.1, 0.15) is 0 Å². The normalized spacial score (nSPS) is 10.6. The van der Waals surface area contributed by atoms with Crippen molar-refractivity contribution in [3.05, 3.63) is 54.1 Å². The number of carbonyl (C=O) groups excluding carboxylic acids is 1. The lowest BCUT2D eigenvalue weighted by Gasteiger charge is -2.09. The molecule has 1 heterocycles. The molecule has 0 unspecified atom stereocenters. The summed E-state index contributed by atoms with van der Waals surface area (Å²) in [6, 6.07) is 18.2. The van der Waals surface area contributed by atoms with Crippen molar-refractivity contribution in [3.63, 3.8) is 0 Å². The number of fused-ring (bicyclic) bond motifs is 1. The minimum atomic E-state index is -0.0947. The molecule has 0 saturated heterocycles. The van der Waals surface area contributed by atoms with Crippen LogP contribution in [0.15, 0.2) is 53.7 Å². The molecule has 3 rings (SSSR count). The number of rotatable bonds is 6. The molecule has 0 fully saturated rings. The Labute approximate surface area is 150 Å². The van der Waals surface area contributed by atoms with Crippen molar-refractivity contribution in [2.75, 3.05) is 12.3 Å². The van der Waals surface area contributed by atoms with Crippen LogP contribution in [0.4, 0.5) is 0 Å². The molecule has 0 bridgehead atoms. The molecule has 0 atom stereocenters. The van der Waals surface area contributed by atoms with Crippen molar-refractivity contribution in [1.82, 2.24) is 14.9 Å². The Morgan fingerprint density at radius 3 is 2.76 bits per heavy atom. The third-order valence-corrected chi connectivity index (χ3v) is 4.65. The molecule has 2 aromatic carbocycles. The third kappa shape index (κ3) is 4.01. The average Bonchev–Trinajstić information content (AvgIpc) is 2.99. The van der Waals surface area contributed by atoms with Crippen molar-refractivity contribution < 1.29 is 4.79 Å². The monoisotopic (exact) mass is 350 g/mol. The van der Waals surface area contributed by atoms with Gasteiger partial charge < -0.3 is 5.32 Å². The molecule has 1 amide bonds. The third-order valence-electron chi connectivity index (χ3n) is 3.71. The van der Waals surface area contributed by atoms with E-state index in [1.54, 1.807) is 0 Å². The lowest BCUT2D eigenvalue weighted by Crippen LogP contribution is -2.26. The van der Waals surface area contributed by atoms with Crippen LogP contribution in [-0.4, -0.2) is 27.8 Å². The number of imidazole rings is 1. The molecule has 0 radical (unpaired) electrons. The van der Waals surface area contributed by atoms with E-state index < -0.39 is 0 Å². The van der Waals surface area contributed by atoms with E-state index >= 15 is 0 Å². The highest BCUT2D eigenvalue weighted by molar-refractivity contribution is 7.99. The van der Waals surface area contributed by atoms with Gasteiger partial charge in [-0.25, -0.2) is 4.98 Å². The highest BCUT2D eigenvalue weighted by atomic mass is 32.2. The Morgan fingerprint density at radius 1 is 1.24 bits per heavy atom. The summed E-state index contributed by atoms with van der Waals surface area (Å²) in [5.41, 5.74) is 4.13. The highest BCUT2D eigenvalue weighted by Crippen LogP contribution is 2.28. The lowest BCUT2D eigenvalue weighted by atomic mass is 10.2. The Bertz CT molecular complexity index is 925. The molecule has 0 aliphatic heterocycles. The number of thioether (sulfide) groups is 1. The molecule has 1 N–H and O–H groups in total.